The van der Waals surface area contributed by atoms with E-state index in [0.29, 0.717) is 6.42 Å². The van der Waals surface area contributed by atoms with Crippen LogP contribution in [0.4, 0.5) is 4.79 Å². The largest absolute Gasteiger partial charge is 0.430 e. The topological polar surface area (TPSA) is 64.6 Å². The number of rotatable bonds is 0. The Balaban J connectivity index is 2.30. The normalized spacial score (nSPS) is 43.8. The monoisotopic (exact) mass is 185 g/mol. The van der Waals surface area contributed by atoms with E-state index in [1.165, 1.54) is 0 Å². The predicted molar refractivity (Wildman–Crippen MR) is 42.0 cm³/mol. The first-order valence-electron chi connectivity index (χ1n) is 4.24. The molecule has 0 aromatic heterocycles. The van der Waals surface area contributed by atoms with Crippen LogP contribution >= 0.6 is 0 Å². The van der Waals surface area contributed by atoms with Crippen LogP contribution in [0.2, 0.25) is 0 Å². The summed E-state index contributed by atoms with van der Waals surface area (Å²) in [5, 5.41) is 2.12. The second kappa shape index (κ2) is 2.45. The van der Waals surface area contributed by atoms with Crippen molar-refractivity contribution in [3.63, 3.8) is 0 Å². The van der Waals surface area contributed by atoms with E-state index in [2.05, 4.69) is 5.32 Å². The van der Waals surface area contributed by atoms with Crippen molar-refractivity contribution in [3.05, 3.63) is 0 Å². The van der Waals surface area contributed by atoms with Crippen LogP contribution in [-0.2, 0) is 14.3 Å². The number of hydrogen-bond donors (Lipinski definition) is 1. The minimum atomic E-state index is -1.07. The lowest BCUT2D eigenvalue weighted by Gasteiger charge is -2.20. The molecule has 2 aliphatic heterocycles. The first-order chi connectivity index (χ1) is 6.04. The third-order valence-electron chi connectivity index (χ3n) is 2.56. The predicted octanol–water partition coefficient (Wildman–Crippen LogP) is 0.189. The van der Waals surface area contributed by atoms with Gasteiger partial charge >= 0.3 is 6.09 Å². The molecular formula is C8H11NO4. The summed E-state index contributed by atoms with van der Waals surface area (Å²) >= 11 is 0. The van der Waals surface area contributed by atoms with Gasteiger partial charge in [0.1, 0.15) is 6.10 Å². The van der Waals surface area contributed by atoms with Gasteiger partial charge in [0.2, 0.25) is 5.60 Å². The van der Waals surface area contributed by atoms with E-state index in [0.717, 1.165) is 0 Å². The van der Waals surface area contributed by atoms with Crippen molar-refractivity contribution < 1.29 is 19.1 Å². The van der Waals surface area contributed by atoms with Gasteiger partial charge in [-0.3, -0.25) is 10.1 Å². The van der Waals surface area contributed by atoms with Crippen LogP contribution in [0.1, 0.15) is 20.3 Å². The summed E-state index contributed by atoms with van der Waals surface area (Å²) < 4.78 is 10.4. The molecule has 2 rings (SSSR count). The number of hydrogen-bond acceptors (Lipinski definition) is 4. The standard InChI is InChI=1S/C8H11NO4/c1-4-3-8(5(2)12-4)6(10)9-7(11)13-8/h4-5H,3H2,1-2H3,(H,9,10,11). The Hall–Kier alpha value is -1.10. The summed E-state index contributed by atoms with van der Waals surface area (Å²) in [4.78, 5) is 22.3. The number of ether oxygens (including phenoxy) is 2. The van der Waals surface area contributed by atoms with E-state index < -0.39 is 11.7 Å². The molecule has 5 heteroatoms. The average Bonchev–Trinajstić information content (AvgIpc) is 2.40. The van der Waals surface area contributed by atoms with Gasteiger partial charge in [-0.2, -0.15) is 0 Å². The van der Waals surface area contributed by atoms with Gasteiger partial charge in [0.05, 0.1) is 6.10 Å². The van der Waals surface area contributed by atoms with E-state index in [1.807, 2.05) is 6.92 Å². The van der Waals surface area contributed by atoms with Crippen molar-refractivity contribution in [3.8, 4) is 0 Å². The molecule has 72 valence electrons. The maximum absolute atomic E-state index is 11.4. The molecule has 0 radical (unpaired) electrons. The van der Waals surface area contributed by atoms with Crippen molar-refractivity contribution in [2.45, 2.75) is 38.1 Å². The Morgan fingerprint density at radius 2 is 2.15 bits per heavy atom. The number of carbonyl (C=O) groups is 2. The van der Waals surface area contributed by atoms with Gasteiger partial charge in [-0.25, -0.2) is 4.79 Å². The smallest absolute Gasteiger partial charge is 0.415 e. The van der Waals surface area contributed by atoms with E-state index in [4.69, 9.17) is 9.47 Å². The summed E-state index contributed by atoms with van der Waals surface area (Å²) in [5.41, 5.74) is -1.07. The van der Waals surface area contributed by atoms with Gasteiger partial charge < -0.3 is 9.47 Å². The van der Waals surface area contributed by atoms with E-state index in [1.54, 1.807) is 6.92 Å². The Morgan fingerprint density at radius 3 is 2.54 bits per heavy atom. The van der Waals surface area contributed by atoms with Gasteiger partial charge in [-0.05, 0) is 13.8 Å². The summed E-state index contributed by atoms with van der Waals surface area (Å²) in [6.45, 7) is 3.59. The molecule has 0 aromatic carbocycles. The summed E-state index contributed by atoms with van der Waals surface area (Å²) in [6, 6.07) is 0. The molecule has 2 fully saturated rings. The third-order valence-corrected chi connectivity index (χ3v) is 2.56. The fraction of sp³-hybridized carbons (Fsp3) is 0.750. The molecule has 0 bridgehead atoms. The number of carbonyl (C=O) groups excluding carboxylic acids is 2. The zero-order valence-electron chi connectivity index (χ0n) is 7.49. The van der Waals surface area contributed by atoms with Crippen LogP contribution in [0.5, 0.6) is 0 Å². The molecule has 2 saturated heterocycles. The Bertz CT molecular complexity index is 277. The van der Waals surface area contributed by atoms with Crippen molar-refractivity contribution in [2.24, 2.45) is 0 Å². The van der Waals surface area contributed by atoms with Gasteiger partial charge in [0.25, 0.3) is 5.91 Å². The van der Waals surface area contributed by atoms with E-state index in [-0.39, 0.29) is 18.1 Å². The van der Waals surface area contributed by atoms with Gasteiger partial charge in [-0.15, -0.1) is 0 Å². The third kappa shape index (κ3) is 1.03. The van der Waals surface area contributed by atoms with Gasteiger partial charge in [0.15, 0.2) is 0 Å². The molecule has 1 spiro atoms. The van der Waals surface area contributed by atoms with Gasteiger partial charge in [-0.1, -0.05) is 0 Å². The average molecular weight is 185 g/mol. The summed E-state index contributed by atoms with van der Waals surface area (Å²) in [6.07, 6.45) is -0.652. The second-order valence-corrected chi connectivity index (χ2v) is 3.53. The highest BCUT2D eigenvalue weighted by Crippen LogP contribution is 2.36. The molecule has 0 aliphatic carbocycles. The zero-order valence-corrected chi connectivity index (χ0v) is 7.49. The van der Waals surface area contributed by atoms with Crippen LogP contribution in [0.25, 0.3) is 0 Å². The maximum Gasteiger partial charge on any atom is 0.415 e. The Labute approximate surface area is 75.4 Å². The van der Waals surface area contributed by atoms with Crippen LogP contribution < -0.4 is 5.32 Å². The van der Waals surface area contributed by atoms with Crippen molar-refractivity contribution in [1.82, 2.24) is 5.32 Å². The molecule has 0 aromatic rings. The Morgan fingerprint density at radius 1 is 1.46 bits per heavy atom. The molecule has 2 heterocycles. The molecular weight excluding hydrogens is 174 g/mol. The minimum absolute atomic E-state index is 0.0494. The van der Waals surface area contributed by atoms with Crippen LogP contribution in [0.3, 0.4) is 0 Å². The molecule has 0 saturated carbocycles. The fourth-order valence-electron chi connectivity index (χ4n) is 1.94. The molecule has 1 N–H and O–H groups in total. The molecule has 3 unspecified atom stereocenters. The highest BCUT2D eigenvalue weighted by molar-refractivity contribution is 6.03. The molecule has 13 heavy (non-hydrogen) atoms. The van der Waals surface area contributed by atoms with Gasteiger partial charge in [0, 0.05) is 6.42 Å². The minimum Gasteiger partial charge on any atom is -0.430 e. The van der Waals surface area contributed by atoms with Crippen molar-refractivity contribution in [2.75, 3.05) is 0 Å². The number of imide groups is 1. The molecule has 5 nitrogen and oxygen atoms in total. The highest BCUT2D eigenvalue weighted by Gasteiger charge is 2.58. The molecule has 3 atom stereocenters. The number of nitrogens with one attached hydrogen (secondary N) is 1. The SMILES string of the molecule is CC1CC2(OC(=O)NC2=O)C(C)O1. The van der Waals surface area contributed by atoms with Crippen LogP contribution in [-0.4, -0.2) is 29.8 Å². The zero-order chi connectivity index (χ0) is 9.64. The maximum atomic E-state index is 11.4. The van der Waals surface area contributed by atoms with Crippen molar-refractivity contribution in [1.29, 1.82) is 0 Å². The summed E-state index contributed by atoms with van der Waals surface area (Å²) in [5.74, 6) is -0.380. The number of alkyl carbamates (subject to hydrolysis) is 1. The Kier molecular flexibility index (Phi) is 1.60. The van der Waals surface area contributed by atoms with Crippen LogP contribution in [0.15, 0.2) is 0 Å². The second-order valence-electron chi connectivity index (χ2n) is 3.53. The quantitative estimate of drug-likeness (QED) is 0.585. The lowest BCUT2D eigenvalue weighted by molar-refractivity contribution is -0.135. The van der Waals surface area contributed by atoms with E-state index in [9.17, 15) is 9.59 Å². The lowest BCUT2D eigenvalue weighted by Crippen LogP contribution is -2.44. The highest BCUT2D eigenvalue weighted by atomic mass is 16.6. The van der Waals surface area contributed by atoms with E-state index >= 15 is 0 Å². The fourth-order valence-corrected chi connectivity index (χ4v) is 1.94. The summed E-state index contributed by atoms with van der Waals surface area (Å²) in [7, 11) is 0. The van der Waals surface area contributed by atoms with Crippen LogP contribution in [0, 0.1) is 0 Å². The first-order valence-corrected chi connectivity index (χ1v) is 4.24. The lowest BCUT2D eigenvalue weighted by atomic mass is 9.94. The molecule has 2 amide bonds. The number of amides is 2. The van der Waals surface area contributed by atoms with Crippen molar-refractivity contribution >= 4 is 12.0 Å². The first kappa shape index (κ1) is 8.50. The molecule has 2 aliphatic rings.